The predicted molar refractivity (Wildman–Crippen MR) is 97.2 cm³/mol. The van der Waals surface area contributed by atoms with Gasteiger partial charge in [0.1, 0.15) is 0 Å². The molecule has 0 aromatic heterocycles. The van der Waals surface area contributed by atoms with E-state index in [2.05, 4.69) is 0 Å². The van der Waals surface area contributed by atoms with Crippen molar-refractivity contribution in [2.24, 2.45) is 0 Å². The van der Waals surface area contributed by atoms with Gasteiger partial charge in [-0.15, -0.1) is 0 Å². The average molecular weight is 607 g/mol. The van der Waals surface area contributed by atoms with Crippen LogP contribution >= 0.6 is 0 Å². The summed E-state index contributed by atoms with van der Waals surface area (Å²) in [6.07, 6.45) is -15.6. The average Bonchev–Trinajstić information content (AvgIpc) is 2.70. The van der Waals surface area contributed by atoms with Crippen molar-refractivity contribution < 1.29 is 74.6 Å². The van der Waals surface area contributed by atoms with Gasteiger partial charge in [-0.1, -0.05) is 0 Å². The molecule has 0 aliphatic rings. The first-order valence-electron chi connectivity index (χ1n) is 9.50. The van der Waals surface area contributed by atoms with E-state index in [1.54, 1.807) is 0 Å². The molecule has 37 heavy (non-hydrogen) atoms. The first-order chi connectivity index (χ1) is 16.0. The number of alkyl halides is 17. The first kappa shape index (κ1) is 35.9. The molecule has 0 N–H and O–H groups in total. The maximum atomic E-state index is 15.1. The van der Waals surface area contributed by atoms with E-state index in [0.717, 1.165) is 42.3 Å². The topological polar surface area (TPSA) is 9.72 Å². The van der Waals surface area contributed by atoms with Crippen LogP contribution in [0.3, 0.4) is 0 Å². The molecule has 0 aromatic carbocycles. The number of rotatable bonds is 13. The van der Waals surface area contributed by atoms with Gasteiger partial charge in [-0.2, -0.15) is 52.7 Å². The third-order valence-electron chi connectivity index (χ3n) is 5.52. The lowest BCUT2D eigenvalue weighted by Gasteiger charge is -2.51. The maximum Gasteiger partial charge on any atom is 0.384 e. The normalized spacial score (nSPS) is 18.2. The molecule has 21 heteroatoms. The number of hydrogen-bond donors (Lipinski definition) is 0. The van der Waals surface area contributed by atoms with Crippen molar-refractivity contribution in [3.05, 3.63) is 0 Å². The van der Waals surface area contributed by atoms with Gasteiger partial charge in [0.25, 0.3) is 6.43 Å². The van der Waals surface area contributed by atoms with E-state index in [1.807, 2.05) is 0 Å². The van der Waals surface area contributed by atoms with Crippen molar-refractivity contribution >= 4 is 8.56 Å². The second kappa shape index (κ2) is 10.5. The van der Waals surface area contributed by atoms with Gasteiger partial charge >= 0.3 is 44.1 Å². The molecular weight excluding hydrogens is 585 g/mol. The molecule has 0 heterocycles. The second-order valence-corrected chi connectivity index (χ2v) is 13.0. The summed E-state index contributed by atoms with van der Waals surface area (Å²) in [5, 5.41) is 0. The molecule has 0 saturated carbocycles. The molecule has 0 spiro atoms. The summed E-state index contributed by atoms with van der Waals surface area (Å²) in [6.45, 7) is 0. The van der Waals surface area contributed by atoms with Crippen LogP contribution in [0.15, 0.2) is 0 Å². The van der Waals surface area contributed by atoms with Crippen LogP contribution in [0, 0.1) is 0 Å². The highest BCUT2D eigenvalue weighted by molar-refractivity contribution is 6.73. The second-order valence-electron chi connectivity index (χ2n) is 8.46. The van der Waals surface area contributed by atoms with Crippen LogP contribution in [0.25, 0.3) is 0 Å². The molecule has 0 saturated heterocycles. The molecule has 0 bridgehead atoms. The Hall–Kier alpha value is -1.09. The van der Waals surface area contributed by atoms with Crippen LogP contribution < -0.4 is 0 Å². The van der Waals surface area contributed by atoms with Gasteiger partial charge in [0, 0.05) is 0 Å². The third kappa shape index (κ3) is 4.89. The van der Waals surface area contributed by atoms with Gasteiger partial charge in [-0.25, -0.2) is 22.0 Å². The molecular formula is C16H22F17N3Si. The standard InChI is InChI=1S/C16H22F17N3Si/c1-34(2)37(35(3)4,36(5)6)10(21)12(24,25)14(28,29)16(32,33)15(30,31)13(26,27)11(22,23)8(18)7(17)9(19)20/h7-10H,1-6H3. The Morgan fingerprint density at radius 2 is 0.730 bits per heavy atom. The smallest absolute Gasteiger partial charge is 0.303 e. The van der Waals surface area contributed by atoms with E-state index in [-0.39, 0.29) is 0 Å². The SMILES string of the molecule is CN(C)[Si](C(F)C(F)(F)C(F)(F)C(F)(F)C(F)(F)C(F)(F)C(F)(F)C(F)C(F)C(F)F)(N(C)C)N(C)C. The fourth-order valence-electron chi connectivity index (χ4n) is 3.60. The van der Waals surface area contributed by atoms with Crippen molar-refractivity contribution in [1.82, 2.24) is 13.7 Å². The van der Waals surface area contributed by atoms with Crippen molar-refractivity contribution in [2.45, 2.75) is 60.1 Å². The minimum atomic E-state index is -8.39. The molecule has 0 fully saturated rings. The van der Waals surface area contributed by atoms with Crippen molar-refractivity contribution in [1.29, 1.82) is 0 Å². The maximum absolute atomic E-state index is 15.1. The largest absolute Gasteiger partial charge is 0.384 e. The van der Waals surface area contributed by atoms with Crippen molar-refractivity contribution in [3.8, 4) is 0 Å². The Bertz CT molecular complexity index is 752. The molecule has 0 radical (unpaired) electrons. The summed E-state index contributed by atoms with van der Waals surface area (Å²) < 4.78 is 236. The molecule has 0 aliphatic carbocycles. The van der Waals surface area contributed by atoms with E-state index in [4.69, 9.17) is 0 Å². The van der Waals surface area contributed by atoms with Crippen LogP contribution in [0.5, 0.6) is 0 Å². The van der Waals surface area contributed by atoms with E-state index < -0.39 is 68.7 Å². The molecule has 3 nitrogen and oxygen atoms in total. The monoisotopic (exact) mass is 607 g/mol. The van der Waals surface area contributed by atoms with Gasteiger partial charge in [-0.3, -0.25) is 0 Å². The van der Waals surface area contributed by atoms with Gasteiger partial charge < -0.3 is 13.7 Å². The van der Waals surface area contributed by atoms with Crippen LogP contribution in [0.4, 0.5) is 74.6 Å². The zero-order chi connectivity index (χ0) is 30.5. The molecule has 3 unspecified atom stereocenters. The van der Waals surface area contributed by atoms with Crippen LogP contribution in [0.2, 0.25) is 0 Å². The summed E-state index contributed by atoms with van der Waals surface area (Å²) in [5.74, 6) is -51.9. The summed E-state index contributed by atoms with van der Waals surface area (Å²) in [5.41, 5.74) is 0. The summed E-state index contributed by atoms with van der Waals surface area (Å²) in [7, 11) is -0.442. The lowest BCUT2D eigenvalue weighted by Crippen LogP contribution is -2.82. The lowest BCUT2D eigenvalue weighted by atomic mass is 9.89. The molecule has 3 atom stereocenters. The minimum Gasteiger partial charge on any atom is -0.303 e. The summed E-state index contributed by atoms with van der Waals surface area (Å²) in [4.78, 5) is 0. The molecule has 0 aromatic rings. The van der Waals surface area contributed by atoms with Crippen molar-refractivity contribution in [2.75, 3.05) is 42.3 Å². The molecule has 0 rings (SSSR count). The number of halogens is 17. The Labute approximate surface area is 200 Å². The highest BCUT2D eigenvalue weighted by Gasteiger charge is 2.92. The van der Waals surface area contributed by atoms with E-state index in [0.29, 0.717) is 13.7 Å². The Morgan fingerprint density at radius 3 is 0.973 bits per heavy atom. The summed E-state index contributed by atoms with van der Waals surface area (Å²) >= 11 is 0. The van der Waals surface area contributed by atoms with Crippen LogP contribution in [0.1, 0.15) is 0 Å². The highest BCUT2D eigenvalue weighted by atomic mass is 28.4. The Balaban J connectivity index is 7.04. The van der Waals surface area contributed by atoms with Gasteiger partial charge in [0.2, 0.25) is 12.0 Å². The van der Waals surface area contributed by atoms with E-state index in [1.165, 1.54) is 0 Å². The zero-order valence-electron chi connectivity index (χ0n) is 19.6. The number of hydrogen-bond acceptors (Lipinski definition) is 3. The van der Waals surface area contributed by atoms with Crippen LogP contribution in [-0.4, -0.2) is 125 Å². The quantitative estimate of drug-likeness (QED) is 0.210. The third-order valence-corrected chi connectivity index (χ3v) is 10.5. The van der Waals surface area contributed by atoms with Crippen molar-refractivity contribution in [3.63, 3.8) is 0 Å². The van der Waals surface area contributed by atoms with Gasteiger partial charge in [0.15, 0.2) is 6.17 Å². The Morgan fingerprint density at radius 1 is 0.459 bits per heavy atom. The highest BCUT2D eigenvalue weighted by Crippen LogP contribution is 2.62. The lowest BCUT2D eigenvalue weighted by molar-refractivity contribution is -0.432. The fourth-order valence-corrected chi connectivity index (χ4v) is 8.02. The molecule has 224 valence electrons. The zero-order valence-corrected chi connectivity index (χ0v) is 20.6. The van der Waals surface area contributed by atoms with E-state index >= 15 is 4.39 Å². The van der Waals surface area contributed by atoms with E-state index in [9.17, 15) is 70.2 Å². The fraction of sp³-hybridized carbons (Fsp3) is 1.00. The Kier molecular flexibility index (Phi) is 10.2. The minimum absolute atomic E-state index is 0.500. The molecule has 0 amide bonds. The summed E-state index contributed by atoms with van der Waals surface area (Å²) in [6, 6.07) is 0. The number of nitrogens with zero attached hydrogens (tertiary/aromatic N) is 3. The molecule has 0 aliphatic heterocycles. The van der Waals surface area contributed by atoms with Crippen LogP contribution in [-0.2, 0) is 0 Å². The van der Waals surface area contributed by atoms with Gasteiger partial charge in [0.05, 0.1) is 0 Å². The first-order valence-corrected chi connectivity index (χ1v) is 11.4. The van der Waals surface area contributed by atoms with Gasteiger partial charge in [-0.05, 0) is 42.3 Å². The predicted octanol–water partition coefficient (Wildman–Crippen LogP) is 5.24.